The predicted octanol–water partition coefficient (Wildman–Crippen LogP) is 4.05. The van der Waals surface area contributed by atoms with Crippen molar-refractivity contribution < 1.29 is 9.47 Å². The first-order chi connectivity index (χ1) is 12.2. The van der Waals surface area contributed by atoms with Crippen LogP contribution in [0.4, 0.5) is 0 Å². The van der Waals surface area contributed by atoms with Crippen molar-refractivity contribution in [1.82, 2.24) is 10.2 Å². The van der Waals surface area contributed by atoms with E-state index >= 15 is 0 Å². The summed E-state index contributed by atoms with van der Waals surface area (Å²) < 4.78 is 11.0. The van der Waals surface area contributed by atoms with E-state index in [4.69, 9.17) is 9.47 Å². The van der Waals surface area contributed by atoms with Crippen molar-refractivity contribution in [2.24, 2.45) is 10.4 Å². The number of halogens is 1. The third-order valence-electron chi connectivity index (χ3n) is 5.59. The Balaban J connectivity index is 0.00000243. The first-order valence-electron chi connectivity index (χ1n) is 9.45. The molecule has 1 saturated carbocycles. The van der Waals surface area contributed by atoms with Crippen LogP contribution in [0.25, 0.3) is 0 Å². The summed E-state index contributed by atoms with van der Waals surface area (Å²) >= 11 is 0. The van der Waals surface area contributed by atoms with Gasteiger partial charge in [0.2, 0.25) is 0 Å². The monoisotopic (exact) mass is 473 g/mol. The van der Waals surface area contributed by atoms with Crippen molar-refractivity contribution in [1.29, 1.82) is 0 Å². The fraction of sp³-hybridized carbons (Fsp3) is 0.650. The van der Waals surface area contributed by atoms with E-state index in [0.717, 1.165) is 37.1 Å². The second kappa shape index (κ2) is 9.67. The minimum atomic E-state index is 0. The highest BCUT2D eigenvalue weighted by Gasteiger charge is 2.41. The SMILES string of the molecule is CCOc1cc(CNC(=NC)N2CCC3(CCCC3)C2)ccc1OC.I. The average molecular weight is 473 g/mol. The number of likely N-dealkylation sites (tertiary alicyclic amines) is 1. The van der Waals surface area contributed by atoms with Gasteiger partial charge in [0.15, 0.2) is 17.5 Å². The van der Waals surface area contributed by atoms with E-state index in [1.54, 1.807) is 7.11 Å². The van der Waals surface area contributed by atoms with Crippen LogP contribution in [0.1, 0.15) is 44.6 Å². The molecule has 0 aromatic heterocycles. The van der Waals surface area contributed by atoms with Crippen molar-refractivity contribution in [3.63, 3.8) is 0 Å². The zero-order chi connectivity index (χ0) is 17.7. The molecule has 0 radical (unpaired) electrons. The van der Waals surface area contributed by atoms with Gasteiger partial charge >= 0.3 is 0 Å². The highest BCUT2D eigenvalue weighted by atomic mass is 127. The van der Waals surface area contributed by atoms with E-state index in [-0.39, 0.29) is 24.0 Å². The molecule has 1 spiro atoms. The van der Waals surface area contributed by atoms with E-state index in [1.165, 1.54) is 37.7 Å². The molecule has 1 heterocycles. The maximum atomic E-state index is 5.67. The lowest BCUT2D eigenvalue weighted by molar-refractivity contribution is 0.309. The van der Waals surface area contributed by atoms with Gasteiger partial charge in [-0.25, -0.2) is 0 Å². The molecule has 2 aliphatic rings. The van der Waals surface area contributed by atoms with Crippen LogP contribution < -0.4 is 14.8 Å². The maximum Gasteiger partial charge on any atom is 0.193 e. The average Bonchev–Trinajstić information content (AvgIpc) is 3.26. The Kier molecular flexibility index (Phi) is 7.85. The number of nitrogens with zero attached hydrogens (tertiary/aromatic N) is 2. The molecule has 1 N–H and O–H groups in total. The van der Waals surface area contributed by atoms with E-state index in [9.17, 15) is 0 Å². The molecule has 0 atom stereocenters. The van der Waals surface area contributed by atoms with Crippen LogP contribution in [0.2, 0.25) is 0 Å². The molecule has 1 aliphatic heterocycles. The summed E-state index contributed by atoms with van der Waals surface area (Å²) in [6.45, 7) is 5.62. The van der Waals surface area contributed by atoms with Gasteiger partial charge in [0.1, 0.15) is 0 Å². The molecule has 5 nitrogen and oxygen atoms in total. The number of guanidine groups is 1. The van der Waals surface area contributed by atoms with E-state index in [1.807, 2.05) is 26.1 Å². The first-order valence-corrected chi connectivity index (χ1v) is 9.45. The lowest BCUT2D eigenvalue weighted by Crippen LogP contribution is -2.40. The van der Waals surface area contributed by atoms with Gasteiger partial charge < -0.3 is 19.7 Å². The van der Waals surface area contributed by atoms with Gasteiger partial charge in [-0.05, 0) is 49.3 Å². The highest BCUT2D eigenvalue weighted by molar-refractivity contribution is 14.0. The summed E-state index contributed by atoms with van der Waals surface area (Å²) in [5.41, 5.74) is 1.72. The number of benzene rings is 1. The maximum absolute atomic E-state index is 5.67. The summed E-state index contributed by atoms with van der Waals surface area (Å²) in [5.74, 6) is 2.58. The molecule has 0 amide bonds. The molecule has 3 rings (SSSR count). The highest BCUT2D eigenvalue weighted by Crippen LogP contribution is 2.45. The predicted molar refractivity (Wildman–Crippen MR) is 117 cm³/mol. The molecular formula is C20H32IN3O2. The van der Waals surface area contributed by atoms with Crippen LogP contribution in [-0.2, 0) is 6.54 Å². The molecule has 2 fully saturated rings. The summed E-state index contributed by atoms with van der Waals surface area (Å²) in [6.07, 6.45) is 6.87. The van der Waals surface area contributed by atoms with Crippen molar-refractivity contribution in [3.8, 4) is 11.5 Å². The molecule has 1 aromatic rings. The fourth-order valence-corrected chi connectivity index (χ4v) is 4.26. The second-order valence-electron chi connectivity index (χ2n) is 7.20. The van der Waals surface area contributed by atoms with Gasteiger partial charge in [-0.15, -0.1) is 24.0 Å². The van der Waals surface area contributed by atoms with Crippen LogP contribution in [0.15, 0.2) is 23.2 Å². The molecule has 0 unspecified atom stereocenters. The number of ether oxygens (including phenoxy) is 2. The summed E-state index contributed by atoms with van der Waals surface area (Å²) in [5, 5.41) is 3.52. The topological polar surface area (TPSA) is 46.1 Å². The summed E-state index contributed by atoms with van der Waals surface area (Å²) in [6, 6.07) is 6.09. The minimum absolute atomic E-state index is 0. The zero-order valence-electron chi connectivity index (χ0n) is 16.2. The fourth-order valence-electron chi connectivity index (χ4n) is 4.26. The van der Waals surface area contributed by atoms with Crippen molar-refractivity contribution in [3.05, 3.63) is 23.8 Å². The number of rotatable bonds is 5. The number of hydrogen-bond acceptors (Lipinski definition) is 3. The van der Waals surface area contributed by atoms with Crippen LogP contribution in [0, 0.1) is 5.41 Å². The largest absolute Gasteiger partial charge is 0.493 e. The second-order valence-corrected chi connectivity index (χ2v) is 7.20. The molecule has 1 aliphatic carbocycles. The van der Waals surface area contributed by atoms with E-state index in [0.29, 0.717) is 12.0 Å². The molecule has 1 aromatic carbocycles. The van der Waals surface area contributed by atoms with Crippen LogP contribution in [0.5, 0.6) is 11.5 Å². The molecule has 6 heteroatoms. The molecular weight excluding hydrogens is 441 g/mol. The first kappa shape index (κ1) is 21.1. The molecule has 146 valence electrons. The number of aliphatic imine (C=N–C) groups is 1. The minimum Gasteiger partial charge on any atom is -0.493 e. The number of nitrogens with one attached hydrogen (secondary N) is 1. The lowest BCUT2D eigenvalue weighted by atomic mass is 9.86. The van der Waals surface area contributed by atoms with Crippen LogP contribution in [0.3, 0.4) is 0 Å². The molecule has 0 bridgehead atoms. The van der Waals surface area contributed by atoms with E-state index in [2.05, 4.69) is 21.3 Å². The Morgan fingerprint density at radius 2 is 2.00 bits per heavy atom. The number of methoxy groups -OCH3 is 1. The Bertz CT molecular complexity index is 615. The van der Waals surface area contributed by atoms with Crippen LogP contribution in [-0.4, -0.2) is 44.7 Å². The van der Waals surface area contributed by atoms with Gasteiger partial charge in [-0.2, -0.15) is 0 Å². The van der Waals surface area contributed by atoms with Crippen LogP contribution >= 0.6 is 24.0 Å². The molecule has 1 saturated heterocycles. The van der Waals surface area contributed by atoms with E-state index < -0.39 is 0 Å². The van der Waals surface area contributed by atoms with Gasteiger partial charge in [0, 0.05) is 26.7 Å². The normalized spacial score (nSPS) is 18.7. The third-order valence-corrected chi connectivity index (χ3v) is 5.59. The van der Waals surface area contributed by atoms with Gasteiger partial charge in [0.05, 0.1) is 13.7 Å². The molecule has 26 heavy (non-hydrogen) atoms. The smallest absolute Gasteiger partial charge is 0.193 e. The Hall–Kier alpha value is -1.18. The van der Waals surface area contributed by atoms with Crippen molar-refractivity contribution in [2.75, 3.05) is 33.9 Å². The van der Waals surface area contributed by atoms with Crippen molar-refractivity contribution >= 4 is 29.9 Å². The lowest BCUT2D eigenvalue weighted by Gasteiger charge is -2.26. The van der Waals surface area contributed by atoms with Gasteiger partial charge in [-0.1, -0.05) is 18.9 Å². The Morgan fingerprint density at radius 3 is 2.65 bits per heavy atom. The van der Waals surface area contributed by atoms with Crippen molar-refractivity contribution in [2.45, 2.75) is 45.6 Å². The van der Waals surface area contributed by atoms with Gasteiger partial charge in [0.25, 0.3) is 0 Å². The number of hydrogen-bond donors (Lipinski definition) is 1. The van der Waals surface area contributed by atoms with Gasteiger partial charge in [-0.3, -0.25) is 4.99 Å². The summed E-state index contributed by atoms with van der Waals surface area (Å²) in [7, 11) is 3.55. The summed E-state index contributed by atoms with van der Waals surface area (Å²) in [4.78, 5) is 6.94. The standard InChI is InChI=1S/C20H31N3O2.HI/c1-4-25-18-13-16(7-8-17(18)24-3)14-22-19(21-2)23-12-11-20(15-23)9-5-6-10-20;/h7-8,13H,4-6,9-12,14-15H2,1-3H3,(H,21,22);1H. The zero-order valence-corrected chi connectivity index (χ0v) is 18.5. The third kappa shape index (κ3) is 4.75. The Morgan fingerprint density at radius 1 is 1.23 bits per heavy atom. The Labute approximate surface area is 174 Å². The quantitative estimate of drug-likeness (QED) is 0.398.